The normalized spacial score (nSPS) is 16.0. The van der Waals surface area contributed by atoms with E-state index >= 15 is 0 Å². The Labute approximate surface area is 130 Å². The van der Waals surface area contributed by atoms with E-state index in [1.807, 2.05) is 55.5 Å². The van der Waals surface area contributed by atoms with E-state index in [4.69, 9.17) is 9.47 Å². The fourth-order valence-electron chi connectivity index (χ4n) is 2.51. The van der Waals surface area contributed by atoms with Crippen molar-refractivity contribution in [2.24, 2.45) is 0 Å². The molecular weight excluding hydrogens is 278 g/mol. The van der Waals surface area contributed by atoms with Crippen LogP contribution in [-0.4, -0.2) is 19.1 Å². The largest absolute Gasteiger partial charge is 0.492 e. The molecule has 0 fully saturated rings. The predicted molar refractivity (Wildman–Crippen MR) is 85.1 cm³/mol. The summed E-state index contributed by atoms with van der Waals surface area (Å²) in [6, 6.07) is 15.4. The third-order valence-electron chi connectivity index (χ3n) is 3.71. The lowest BCUT2D eigenvalue weighted by molar-refractivity contribution is -0.117. The quantitative estimate of drug-likeness (QED) is 0.920. The molecule has 22 heavy (non-hydrogen) atoms. The number of rotatable bonds is 5. The maximum Gasteiger partial charge on any atom is 0.235 e. The highest BCUT2D eigenvalue weighted by molar-refractivity contribution is 5.96. The van der Waals surface area contributed by atoms with Crippen LogP contribution >= 0.6 is 0 Å². The van der Waals surface area contributed by atoms with Crippen LogP contribution in [0.15, 0.2) is 48.5 Å². The maximum absolute atomic E-state index is 12.4. The lowest BCUT2D eigenvalue weighted by Gasteiger charge is -2.11. The van der Waals surface area contributed by atoms with Crippen molar-refractivity contribution in [3.05, 3.63) is 59.7 Å². The lowest BCUT2D eigenvalue weighted by atomic mass is 10.0. The predicted octanol–water partition coefficient (Wildman–Crippen LogP) is 3.34. The number of para-hydroxylation sites is 1. The number of carbonyl (C=O) groups is 1. The zero-order valence-corrected chi connectivity index (χ0v) is 12.5. The summed E-state index contributed by atoms with van der Waals surface area (Å²) in [5.41, 5.74) is 2.83. The fourth-order valence-corrected chi connectivity index (χ4v) is 2.51. The Kier molecular flexibility index (Phi) is 4.39. The van der Waals surface area contributed by atoms with Crippen molar-refractivity contribution in [2.75, 3.05) is 18.5 Å². The molecule has 0 saturated carbocycles. The van der Waals surface area contributed by atoms with Gasteiger partial charge in [0.25, 0.3) is 0 Å². The summed E-state index contributed by atoms with van der Waals surface area (Å²) in [6.45, 7) is 3.65. The molecule has 1 aliphatic rings. The second-order valence-electron chi connectivity index (χ2n) is 5.22. The molecule has 2 aromatic carbocycles. The van der Waals surface area contributed by atoms with Crippen molar-refractivity contribution < 1.29 is 14.3 Å². The minimum atomic E-state index is -0.251. The van der Waals surface area contributed by atoms with Crippen molar-refractivity contribution in [3.63, 3.8) is 0 Å². The zero-order chi connectivity index (χ0) is 15.4. The molecule has 1 N–H and O–H groups in total. The molecular formula is C18H19NO3. The van der Waals surface area contributed by atoms with Gasteiger partial charge in [0.1, 0.15) is 18.3 Å². The van der Waals surface area contributed by atoms with Crippen LogP contribution in [0.3, 0.4) is 0 Å². The zero-order valence-electron chi connectivity index (χ0n) is 12.5. The first-order valence-electron chi connectivity index (χ1n) is 7.47. The molecule has 1 atom stereocenters. The van der Waals surface area contributed by atoms with Crippen LogP contribution in [0.25, 0.3) is 0 Å². The summed E-state index contributed by atoms with van der Waals surface area (Å²) >= 11 is 0. The Morgan fingerprint density at radius 1 is 1.23 bits per heavy atom. The molecule has 4 nitrogen and oxygen atoms in total. The van der Waals surface area contributed by atoms with Gasteiger partial charge in [-0.15, -0.1) is 0 Å². The highest BCUT2D eigenvalue weighted by atomic mass is 16.5. The van der Waals surface area contributed by atoms with Crippen molar-refractivity contribution >= 4 is 11.6 Å². The minimum Gasteiger partial charge on any atom is -0.492 e. The van der Waals surface area contributed by atoms with Gasteiger partial charge in [-0.25, -0.2) is 0 Å². The molecule has 1 amide bonds. The van der Waals surface area contributed by atoms with E-state index in [0.717, 1.165) is 22.6 Å². The van der Waals surface area contributed by atoms with Crippen LogP contribution in [0.4, 0.5) is 5.69 Å². The van der Waals surface area contributed by atoms with E-state index in [0.29, 0.717) is 19.8 Å². The monoisotopic (exact) mass is 297 g/mol. The van der Waals surface area contributed by atoms with Crippen LogP contribution < -0.4 is 10.1 Å². The molecule has 1 aliphatic heterocycles. The van der Waals surface area contributed by atoms with Gasteiger partial charge in [0.05, 0.1) is 6.61 Å². The van der Waals surface area contributed by atoms with Gasteiger partial charge in [-0.05, 0) is 30.7 Å². The first kappa shape index (κ1) is 14.6. The number of anilines is 1. The van der Waals surface area contributed by atoms with Gasteiger partial charge in [-0.2, -0.15) is 0 Å². The van der Waals surface area contributed by atoms with Gasteiger partial charge in [-0.3, -0.25) is 4.79 Å². The summed E-state index contributed by atoms with van der Waals surface area (Å²) in [5.74, 6) is 0.511. The highest BCUT2D eigenvalue weighted by Crippen LogP contribution is 2.34. The molecule has 2 aromatic rings. The third kappa shape index (κ3) is 3.12. The molecule has 0 spiro atoms. The van der Waals surface area contributed by atoms with Crippen molar-refractivity contribution in [2.45, 2.75) is 19.4 Å². The Morgan fingerprint density at radius 3 is 2.77 bits per heavy atom. The second-order valence-corrected chi connectivity index (χ2v) is 5.22. The Balaban J connectivity index is 1.65. The average Bonchev–Trinajstić information content (AvgIpc) is 2.98. The molecule has 0 unspecified atom stereocenters. The van der Waals surface area contributed by atoms with Crippen molar-refractivity contribution in [1.82, 2.24) is 0 Å². The van der Waals surface area contributed by atoms with Crippen molar-refractivity contribution in [1.29, 1.82) is 0 Å². The molecule has 0 radical (unpaired) electrons. The SMILES string of the molecule is CCOCc1ccc(NC(=O)[C@H]2COc3ccccc32)cc1. The van der Waals surface area contributed by atoms with Crippen LogP contribution in [-0.2, 0) is 16.1 Å². The van der Waals surface area contributed by atoms with Crippen molar-refractivity contribution in [3.8, 4) is 5.75 Å². The number of ether oxygens (including phenoxy) is 2. The smallest absolute Gasteiger partial charge is 0.235 e. The summed E-state index contributed by atoms with van der Waals surface area (Å²) in [7, 11) is 0. The van der Waals surface area contributed by atoms with E-state index in [1.165, 1.54) is 0 Å². The molecule has 1 heterocycles. The molecule has 0 bridgehead atoms. The van der Waals surface area contributed by atoms with E-state index in [9.17, 15) is 4.79 Å². The number of hydrogen-bond donors (Lipinski definition) is 1. The van der Waals surface area contributed by atoms with Gasteiger partial charge in [0.2, 0.25) is 5.91 Å². The minimum absolute atomic E-state index is 0.0393. The summed E-state index contributed by atoms with van der Waals surface area (Å²) in [6.07, 6.45) is 0. The second kappa shape index (κ2) is 6.62. The highest BCUT2D eigenvalue weighted by Gasteiger charge is 2.29. The number of hydrogen-bond acceptors (Lipinski definition) is 3. The standard InChI is InChI=1S/C18H19NO3/c1-2-21-11-13-7-9-14(10-8-13)19-18(20)16-12-22-17-6-4-3-5-15(16)17/h3-10,16H,2,11-12H2,1H3,(H,19,20)/t16-/m0/s1. The molecule has 0 saturated heterocycles. The first-order valence-corrected chi connectivity index (χ1v) is 7.47. The molecule has 114 valence electrons. The Bertz CT molecular complexity index is 652. The molecule has 0 aliphatic carbocycles. The Hall–Kier alpha value is -2.33. The first-order chi connectivity index (χ1) is 10.8. The van der Waals surface area contributed by atoms with E-state index in [-0.39, 0.29) is 11.8 Å². The summed E-state index contributed by atoms with van der Waals surface area (Å²) in [4.78, 5) is 12.4. The summed E-state index contributed by atoms with van der Waals surface area (Å²) in [5, 5.41) is 2.95. The van der Waals surface area contributed by atoms with Gasteiger partial charge in [0, 0.05) is 17.9 Å². The van der Waals surface area contributed by atoms with Gasteiger partial charge < -0.3 is 14.8 Å². The van der Waals surface area contributed by atoms with E-state index in [2.05, 4.69) is 5.32 Å². The number of amides is 1. The number of carbonyl (C=O) groups excluding carboxylic acids is 1. The van der Waals surface area contributed by atoms with Gasteiger partial charge in [-0.1, -0.05) is 30.3 Å². The molecule has 3 rings (SSSR count). The van der Waals surface area contributed by atoms with E-state index < -0.39 is 0 Å². The number of fused-ring (bicyclic) bond motifs is 1. The Morgan fingerprint density at radius 2 is 2.00 bits per heavy atom. The van der Waals surface area contributed by atoms with Crippen LogP contribution in [0.2, 0.25) is 0 Å². The summed E-state index contributed by atoms with van der Waals surface area (Å²) < 4.78 is 10.9. The van der Waals surface area contributed by atoms with Crippen LogP contribution in [0, 0.1) is 0 Å². The van der Waals surface area contributed by atoms with Crippen LogP contribution in [0.1, 0.15) is 24.0 Å². The molecule has 0 aromatic heterocycles. The third-order valence-corrected chi connectivity index (χ3v) is 3.71. The van der Waals surface area contributed by atoms with E-state index in [1.54, 1.807) is 0 Å². The number of nitrogens with one attached hydrogen (secondary N) is 1. The van der Waals surface area contributed by atoms with Crippen LogP contribution in [0.5, 0.6) is 5.75 Å². The fraction of sp³-hybridized carbons (Fsp3) is 0.278. The average molecular weight is 297 g/mol. The maximum atomic E-state index is 12.4. The topological polar surface area (TPSA) is 47.6 Å². The molecule has 4 heteroatoms. The number of benzene rings is 2. The lowest BCUT2D eigenvalue weighted by Crippen LogP contribution is -2.22. The van der Waals surface area contributed by atoms with Gasteiger partial charge in [0.15, 0.2) is 0 Å². The van der Waals surface area contributed by atoms with Gasteiger partial charge >= 0.3 is 0 Å².